The van der Waals surface area contributed by atoms with Crippen molar-refractivity contribution in [2.24, 2.45) is 21.7 Å². The molecule has 0 saturated carbocycles. The Morgan fingerprint density at radius 3 is 1.16 bits per heavy atom. The van der Waals surface area contributed by atoms with Crippen LogP contribution in [0.2, 0.25) is 0 Å². The molecule has 0 aliphatic carbocycles. The highest BCUT2D eigenvalue weighted by molar-refractivity contribution is 7.92. The normalized spacial score (nSPS) is 20.2. The number of carbonyl (C=O) groups is 5. The lowest BCUT2D eigenvalue weighted by molar-refractivity contribution is -0.121. The van der Waals surface area contributed by atoms with E-state index in [-0.39, 0.29) is 159 Å². The van der Waals surface area contributed by atoms with Crippen molar-refractivity contribution < 1.29 is 112 Å². The Morgan fingerprint density at radius 2 is 0.752 bits per heavy atom. The van der Waals surface area contributed by atoms with E-state index in [0.29, 0.717) is 119 Å². The minimum atomic E-state index is -3.04. The van der Waals surface area contributed by atoms with Crippen LogP contribution in [0.3, 0.4) is 0 Å². The number of Topliss-reactive ketones (excluding diaryl/α,β-unsaturated/α-hetero) is 4. The molecule has 0 spiro atoms. The number of halogens is 8. The lowest BCUT2D eigenvalue weighted by Crippen LogP contribution is -2.33. The molecule has 4 aromatic heterocycles. The summed E-state index contributed by atoms with van der Waals surface area (Å²) < 4.78 is 219. The molecule has 4 aromatic carbocycles. The number of ether oxygens (including phenoxy) is 4. The van der Waals surface area contributed by atoms with Gasteiger partial charge in [-0.3, -0.25) is 43.6 Å². The zero-order chi connectivity index (χ0) is 103. The number of sulfone groups is 4. The summed E-state index contributed by atoms with van der Waals surface area (Å²) in [6.07, 6.45) is 0.843. The summed E-state index contributed by atoms with van der Waals surface area (Å²) >= 11 is 0. The van der Waals surface area contributed by atoms with Crippen LogP contribution in [0, 0.1) is 27.5 Å². The summed E-state index contributed by atoms with van der Waals surface area (Å²) in [7, 11) is -12.1. The molecule has 28 nitrogen and oxygen atoms in total. The van der Waals surface area contributed by atoms with Crippen LogP contribution in [0.5, 0.6) is 23.3 Å². The first-order valence-electron chi connectivity index (χ1n) is 46.2. The van der Waals surface area contributed by atoms with Crippen LogP contribution in [0.15, 0.2) is 159 Å². The number of fused-ring (bicyclic) bond motifs is 4. The molecule has 8 aromatic rings. The molecule has 1 amide bonds. The minimum Gasteiger partial charge on any atom is -0.486 e. The number of ketones is 4. The maximum atomic E-state index is 15.2. The van der Waals surface area contributed by atoms with Crippen molar-refractivity contribution in [2.75, 3.05) is 92.0 Å². The summed E-state index contributed by atoms with van der Waals surface area (Å²) in [5, 5.41) is 8.04. The summed E-state index contributed by atoms with van der Waals surface area (Å²) in [6.45, 7) is 34.5. The van der Waals surface area contributed by atoms with Crippen LogP contribution in [0.25, 0.3) is 0 Å². The number of rotatable bonds is 28. The Bertz CT molecular complexity index is 6220. The smallest absolute Gasteiger partial charge is 0.272 e. The monoisotopic (exact) mass is 2040 g/mol. The Hall–Kier alpha value is -11.5. The second kappa shape index (κ2) is 40.7. The van der Waals surface area contributed by atoms with Crippen molar-refractivity contribution in [3.8, 4) is 23.3 Å². The SMILES string of the molecule is C=C1N(c2cc(OCC(F)F)cnn2)c2ccc(C(=O)CC3(C)CCS(=O)(=O)CC3)cc2C1(C)C.C=C1N(c2nccc(OCC(F)F)c2F)c2ccc(C(=O)CC3(C)CCS(=O)(=O)CC3)cc2C1(C)C.C=C1N(c2nccc(OCC(F)F)n2)c2ccc(C(=O)CC3(C)CCS(=O)(=O)CC3)cc2C1(C)C.CC(F)COc1cc(N2C(=O)C(C)(C)c3cc(C(=O)CC4(C)CCS(=O)(=O)CC4)ccc32)ncn1. The van der Waals surface area contributed by atoms with Gasteiger partial charge in [0.15, 0.2) is 47.1 Å². The fourth-order valence-electron chi connectivity index (χ4n) is 18.5. The Kier molecular flexibility index (Phi) is 30.8. The van der Waals surface area contributed by atoms with Crippen molar-refractivity contribution in [1.82, 2.24) is 35.1 Å². The molecule has 40 heteroatoms. The van der Waals surface area contributed by atoms with E-state index in [1.165, 1.54) is 65.9 Å². The van der Waals surface area contributed by atoms with Crippen LogP contribution >= 0.6 is 0 Å². The predicted molar refractivity (Wildman–Crippen MR) is 519 cm³/mol. The zero-order valence-corrected chi connectivity index (χ0v) is 84.2. The van der Waals surface area contributed by atoms with Crippen LogP contribution in [-0.4, -0.2) is 196 Å². The molecule has 8 aliphatic heterocycles. The van der Waals surface area contributed by atoms with E-state index in [1.807, 2.05) is 93.5 Å². The van der Waals surface area contributed by atoms with Crippen molar-refractivity contribution in [3.63, 3.8) is 0 Å². The Labute approximate surface area is 816 Å². The molecule has 4 fully saturated rings. The van der Waals surface area contributed by atoms with E-state index in [4.69, 9.17) is 18.9 Å². The molecule has 1 unspecified atom stereocenters. The van der Waals surface area contributed by atoms with Gasteiger partial charge < -0.3 is 18.9 Å². The van der Waals surface area contributed by atoms with Crippen LogP contribution < -0.4 is 38.5 Å². The number of pyridine rings is 1. The summed E-state index contributed by atoms with van der Waals surface area (Å²) in [5.74, 6) is 0.309. The van der Waals surface area contributed by atoms with E-state index in [0.717, 1.165) is 28.1 Å². The van der Waals surface area contributed by atoms with Crippen molar-refractivity contribution in [2.45, 2.75) is 214 Å². The van der Waals surface area contributed by atoms with Crippen molar-refractivity contribution >= 4 is 115 Å². The number of allylic oxidation sites excluding steroid dienone is 3. The summed E-state index contributed by atoms with van der Waals surface area (Å²) in [5.41, 5.74) is 5.73. The number of amides is 1. The molecule has 4 saturated heterocycles. The maximum absolute atomic E-state index is 15.2. The molecule has 141 heavy (non-hydrogen) atoms. The average Bonchev–Trinajstić information content (AvgIpc) is 1.58. The Morgan fingerprint density at radius 1 is 0.397 bits per heavy atom. The third-order valence-corrected chi connectivity index (χ3v) is 34.9. The van der Waals surface area contributed by atoms with Gasteiger partial charge in [0.05, 0.1) is 80.4 Å². The number of aromatic nitrogens is 7. The van der Waals surface area contributed by atoms with Gasteiger partial charge in [-0.2, -0.15) is 14.5 Å². The molecule has 12 heterocycles. The number of alkyl halides is 7. The standard InChI is InChI=1S/C26H29F3N2O4S.2C25H29F2N3O4S.C25H30FN3O5S/c1-16-25(2,3)18-13-17(20(32)14-26(4)8-11-36(33,34)12-9-26)5-6-19(18)31(16)24-23(29)21(7-10-30-24)35-15-22(27)28;1-16-24(2,3)18-13-17(20(31)14-25(4)8-11-35(32,33)12-9-25)5-6-19(18)30(16)23-28-10-7-22(29-23)34-15-21(26)27;1-16-24(2,3)19-11-17(21(31)13-25(4)7-9-35(32,33)10-8-25)5-6-20(19)30(16)23-12-18(14-28-29-23)34-15-22(26)27;1-16(26)14-34-22-12-21(27-15-28-22)29-19-6-5-17(11-18(19)24(2,3)23(29)31)20(30)13-25(4)7-9-35(32,33)10-8-25/h5-7,10,13,22H,1,8-9,11-12,14-15H2,2-4H3;5-7,10,13,21H,1,8-9,11-12,14-15H2,2-4H3;5-6,11-12,14,22H,1,7-10,13,15H2,2-4H3;5-6,11-12,15-16H,7-10,13-14H2,1-4H3. The van der Waals surface area contributed by atoms with Gasteiger partial charge in [0.2, 0.25) is 29.4 Å². The Balaban J connectivity index is 0.000000158. The first-order valence-corrected chi connectivity index (χ1v) is 53.4. The van der Waals surface area contributed by atoms with E-state index in [2.05, 4.69) is 54.9 Å². The molecule has 0 bridgehead atoms. The lowest BCUT2D eigenvalue weighted by Gasteiger charge is -2.32. The van der Waals surface area contributed by atoms with Gasteiger partial charge in [0.25, 0.3) is 19.3 Å². The average molecular weight is 2040 g/mol. The van der Waals surface area contributed by atoms with Gasteiger partial charge >= 0.3 is 0 Å². The predicted octanol–water partition coefficient (Wildman–Crippen LogP) is 19.3. The molecule has 0 radical (unpaired) electrons. The van der Waals surface area contributed by atoms with Crippen LogP contribution in [0.1, 0.15) is 231 Å². The highest BCUT2D eigenvalue weighted by Gasteiger charge is 2.50. The highest BCUT2D eigenvalue weighted by Crippen LogP contribution is 2.56. The topological polar surface area (TPSA) is 362 Å². The number of hydrogen-bond acceptors (Lipinski definition) is 27. The number of carbonyl (C=O) groups excluding carboxylic acids is 5. The minimum absolute atomic E-state index is 0.0309. The third kappa shape index (κ3) is 24.0. The first kappa shape index (κ1) is 107. The molecule has 16 rings (SSSR count). The lowest BCUT2D eigenvalue weighted by atomic mass is 9.77. The molecular weight excluding hydrogens is 1920 g/mol. The zero-order valence-electron chi connectivity index (χ0n) is 81.0. The quantitative estimate of drug-likeness (QED) is 0.0325. The van der Waals surface area contributed by atoms with Gasteiger partial charge in [-0.15, -0.1) is 5.10 Å². The number of anilines is 8. The second-order valence-corrected chi connectivity index (χ2v) is 50.2. The van der Waals surface area contributed by atoms with Gasteiger partial charge in [-0.25, -0.2) is 84.3 Å². The van der Waals surface area contributed by atoms with Gasteiger partial charge in [0, 0.05) is 118 Å². The van der Waals surface area contributed by atoms with E-state index >= 15 is 4.39 Å². The summed E-state index contributed by atoms with van der Waals surface area (Å²) in [4.78, 5) is 93.6. The fourth-order valence-corrected chi connectivity index (χ4v) is 25.8. The number of benzene rings is 4. The van der Waals surface area contributed by atoms with Gasteiger partial charge in [-0.1, -0.05) is 89.0 Å². The molecule has 1 atom stereocenters. The number of hydrogen-bond donors (Lipinski definition) is 0. The van der Waals surface area contributed by atoms with Crippen LogP contribution in [-0.2, 0) is 65.8 Å². The summed E-state index contributed by atoms with van der Waals surface area (Å²) in [6, 6.07) is 26.7. The van der Waals surface area contributed by atoms with Gasteiger partial charge in [0.1, 0.15) is 83.2 Å². The number of nitrogens with zero attached hydrogens (tertiary/aromatic N) is 11. The molecule has 8 aliphatic rings. The highest BCUT2D eigenvalue weighted by atomic mass is 32.2. The fraction of sp³-hybridized carbons (Fsp3) is 0.485. The van der Waals surface area contributed by atoms with Crippen molar-refractivity contribution in [1.29, 1.82) is 0 Å². The molecule has 758 valence electrons. The van der Waals surface area contributed by atoms with Gasteiger partial charge in [-0.05, 0) is 189 Å². The second-order valence-electron chi connectivity index (χ2n) is 41.0. The van der Waals surface area contributed by atoms with E-state index in [1.54, 1.807) is 72.2 Å². The van der Waals surface area contributed by atoms with E-state index in [9.17, 15) is 88.4 Å². The first-order chi connectivity index (χ1) is 65.7. The largest absolute Gasteiger partial charge is 0.486 e. The van der Waals surface area contributed by atoms with Crippen molar-refractivity contribution in [3.05, 3.63) is 209 Å². The molecular formula is C101H117F8N11O17S4. The van der Waals surface area contributed by atoms with Crippen LogP contribution in [0.4, 0.5) is 81.3 Å². The molecule has 0 N–H and O–H groups in total. The maximum Gasteiger partial charge on any atom is 0.272 e. The van der Waals surface area contributed by atoms with E-state index < -0.39 is 118 Å². The third-order valence-electron chi connectivity index (χ3n) is 28.3.